The molecule has 162 valence electrons. The van der Waals surface area contributed by atoms with E-state index in [9.17, 15) is 13.2 Å². The van der Waals surface area contributed by atoms with E-state index in [4.69, 9.17) is 0 Å². The molecule has 0 heterocycles. The Morgan fingerprint density at radius 2 is 1.58 bits per heavy atom. The molecule has 0 aliphatic carbocycles. The summed E-state index contributed by atoms with van der Waals surface area (Å²) in [7, 11) is -1.78. The Morgan fingerprint density at radius 3 is 2.26 bits per heavy atom. The molecule has 6 nitrogen and oxygen atoms in total. The molecule has 1 amide bonds. The Labute approximate surface area is 184 Å². The Hall–Kier alpha value is -3.32. The molecule has 3 aromatic carbocycles. The summed E-state index contributed by atoms with van der Waals surface area (Å²) in [5.41, 5.74) is 3.44. The number of benzene rings is 3. The molecule has 0 bridgehead atoms. The molecule has 31 heavy (non-hydrogen) atoms. The maximum atomic E-state index is 12.7. The fourth-order valence-corrected chi connectivity index (χ4v) is 4.28. The lowest BCUT2D eigenvalue weighted by Gasteiger charge is -2.19. The van der Waals surface area contributed by atoms with E-state index in [-0.39, 0.29) is 10.8 Å². The predicted molar refractivity (Wildman–Crippen MR) is 125 cm³/mol. The van der Waals surface area contributed by atoms with Crippen molar-refractivity contribution in [3.05, 3.63) is 89.5 Å². The Bertz CT molecular complexity index is 1140. The van der Waals surface area contributed by atoms with E-state index in [1.54, 1.807) is 49.4 Å². The third-order valence-corrected chi connectivity index (χ3v) is 6.47. The van der Waals surface area contributed by atoms with Gasteiger partial charge in [-0.15, -0.1) is 0 Å². The van der Waals surface area contributed by atoms with Crippen molar-refractivity contribution in [3.63, 3.8) is 0 Å². The van der Waals surface area contributed by atoms with E-state index in [1.165, 1.54) is 0 Å². The van der Waals surface area contributed by atoms with Crippen molar-refractivity contribution < 1.29 is 13.2 Å². The van der Waals surface area contributed by atoms with Crippen molar-refractivity contribution in [2.45, 2.75) is 18.7 Å². The van der Waals surface area contributed by atoms with Crippen LogP contribution in [0.3, 0.4) is 0 Å². The number of aryl methyl sites for hydroxylation is 1. The van der Waals surface area contributed by atoms with Crippen LogP contribution in [0, 0.1) is 13.8 Å². The van der Waals surface area contributed by atoms with Gasteiger partial charge in [0.15, 0.2) is 0 Å². The molecule has 3 rings (SSSR count). The molecule has 0 radical (unpaired) electrons. The molecular formula is C24H27N3O3S. The van der Waals surface area contributed by atoms with E-state index in [0.29, 0.717) is 29.9 Å². The number of para-hydroxylation sites is 1. The summed E-state index contributed by atoms with van der Waals surface area (Å²) in [4.78, 5) is 14.9. The van der Waals surface area contributed by atoms with Crippen molar-refractivity contribution >= 4 is 27.3 Å². The van der Waals surface area contributed by atoms with Crippen LogP contribution in [-0.2, 0) is 10.0 Å². The average Bonchev–Trinajstić information content (AvgIpc) is 2.76. The van der Waals surface area contributed by atoms with Crippen LogP contribution in [0.4, 0.5) is 11.4 Å². The van der Waals surface area contributed by atoms with Gasteiger partial charge < -0.3 is 10.2 Å². The molecule has 0 unspecified atom stereocenters. The van der Waals surface area contributed by atoms with Gasteiger partial charge in [-0.25, -0.2) is 8.42 Å². The van der Waals surface area contributed by atoms with Crippen LogP contribution in [0.2, 0.25) is 0 Å². The zero-order valence-electron chi connectivity index (χ0n) is 17.9. The standard InChI is InChI=1S/C24H27N3O3S/c1-18-12-14-21(15-13-18)31(29,30)26-23-11-7-10-22(19(23)2)24(28)25-16-17-27(3)20-8-5-4-6-9-20/h4-15,26H,16-17H2,1-3H3,(H,25,28). The van der Waals surface area contributed by atoms with Crippen LogP contribution in [0.25, 0.3) is 0 Å². The molecule has 3 aromatic rings. The first-order chi connectivity index (χ1) is 14.8. The van der Waals surface area contributed by atoms with Gasteiger partial charge in [-0.05, 0) is 55.8 Å². The summed E-state index contributed by atoms with van der Waals surface area (Å²) in [5.74, 6) is -0.240. The molecule has 0 saturated heterocycles. The largest absolute Gasteiger partial charge is 0.373 e. The fraction of sp³-hybridized carbons (Fsp3) is 0.208. The summed E-state index contributed by atoms with van der Waals surface area (Å²) in [5, 5.41) is 2.91. The maximum Gasteiger partial charge on any atom is 0.261 e. The van der Waals surface area contributed by atoms with Crippen LogP contribution in [0.15, 0.2) is 77.7 Å². The number of likely N-dealkylation sites (N-methyl/N-ethyl adjacent to an activating group) is 1. The highest BCUT2D eigenvalue weighted by atomic mass is 32.2. The lowest BCUT2D eigenvalue weighted by molar-refractivity contribution is 0.0954. The van der Waals surface area contributed by atoms with Crippen LogP contribution >= 0.6 is 0 Å². The van der Waals surface area contributed by atoms with Crippen molar-refractivity contribution in [2.24, 2.45) is 0 Å². The highest BCUT2D eigenvalue weighted by Gasteiger charge is 2.18. The number of nitrogens with one attached hydrogen (secondary N) is 2. The van der Waals surface area contributed by atoms with Gasteiger partial charge in [-0.3, -0.25) is 9.52 Å². The normalized spacial score (nSPS) is 11.1. The first-order valence-corrected chi connectivity index (χ1v) is 11.5. The SMILES string of the molecule is Cc1ccc(S(=O)(=O)Nc2cccc(C(=O)NCCN(C)c3ccccc3)c2C)cc1. The topological polar surface area (TPSA) is 78.5 Å². The number of carbonyl (C=O) groups is 1. The third-order valence-electron chi connectivity index (χ3n) is 5.08. The molecule has 0 saturated carbocycles. The molecule has 0 atom stereocenters. The van der Waals surface area contributed by atoms with Crippen LogP contribution in [-0.4, -0.2) is 34.5 Å². The monoisotopic (exact) mass is 437 g/mol. The molecule has 0 aliphatic heterocycles. The summed E-state index contributed by atoms with van der Waals surface area (Å²) in [6.45, 7) is 4.74. The Kier molecular flexibility index (Phi) is 6.97. The highest BCUT2D eigenvalue weighted by Crippen LogP contribution is 2.23. The summed E-state index contributed by atoms with van der Waals surface area (Å²) in [6, 6.07) is 21.6. The molecule has 7 heteroatoms. The second-order valence-corrected chi connectivity index (χ2v) is 9.09. The van der Waals surface area contributed by atoms with E-state index >= 15 is 0 Å². The van der Waals surface area contributed by atoms with E-state index in [0.717, 1.165) is 11.3 Å². The van der Waals surface area contributed by atoms with Gasteiger partial charge in [0.05, 0.1) is 10.6 Å². The zero-order chi connectivity index (χ0) is 22.4. The number of nitrogens with zero attached hydrogens (tertiary/aromatic N) is 1. The number of amides is 1. The second-order valence-electron chi connectivity index (χ2n) is 7.41. The molecule has 0 spiro atoms. The lowest BCUT2D eigenvalue weighted by Crippen LogP contribution is -2.33. The predicted octanol–water partition coefficient (Wildman–Crippen LogP) is 3.97. The number of carbonyl (C=O) groups excluding carboxylic acids is 1. The van der Waals surface area contributed by atoms with Crippen molar-refractivity contribution in [3.8, 4) is 0 Å². The first-order valence-electron chi connectivity index (χ1n) is 10.0. The van der Waals surface area contributed by atoms with Crippen molar-refractivity contribution in [2.75, 3.05) is 29.8 Å². The van der Waals surface area contributed by atoms with Gasteiger partial charge in [0.2, 0.25) is 0 Å². The van der Waals surface area contributed by atoms with Crippen LogP contribution < -0.4 is 14.9 Å². The van der Waals surface area contributed by atoms with Crippen molar-refractivity contribution in [1.82, 2.24) is 5.32 Å². The first kappa shape index (κ1) is 22.4. The van der Waals surface area contributed by atoms with E-state index in [1.807, 2.05) is 44.3 Å². The smallest absolute Gasteiger partial charge is 0.261 e. The van der Waals surface area contributed by atoms with Gasteiger partial charge in [0, 0.05) is 31.4 Å². The van der Waals surface area contributed by atoms with Crippen LogP contribution in [0.1, 0.15) is 21.5 Å². The summed E-state index contributed by atoms with van der Waals surface area (Å²) in [6.07, 6.45) is 0. The summed E-state index contributed by atoms with van der Waals surface area (Å²) >= 11 is 0. The van der Waals surface area contributed by atoms with E-state index < -0.39 is 10.0 Å². The molecule has 2 N–H and O–H groups in total. The number of rotatable bonds is 8. The lowest BCUT2D eigenvalue weighted by atomic mass is 10.1. The van der Waals surface area contributed by atoms with Gasteiger partial charge in [-0.2, -0.15) is 0 Å². The minimum atomic E-state index is -3.74. The number of anilines is 2. The number of sulfonamides is 1. The minimum Gasteiger partial charge on any atom is -0.373 e. The second kappa shape index (κ2) is 9.66. The van der Waals surface area contributed by atoms with Crippen molar-refractivity contribution in [1.29, 1.82) is 0 Å². The Balaban J connectivity index is 1.67. The third kappa shape index (κ3) is 5.64. The van der Waals surface area contributed by atoms with Gasteiger partial charge >= 0.3 is 0 Å². The average molecular weight is 438 g/mol. The number of hydrogen-bond acceptors (Lipinski definition) is 4. The minimum absolute atomic E-state index is 0.177. The van der Waals surface area contributed by atoms with E-state index in [2.05, 4.69) is 14.9 Å². The Morgan fingerprint density at radius 1 is 0.903 bits per heavy atom. The quantitative estimate of drug-likeness (QED) is 0.559. The van der Waals surface area contributed by atoms with Gasteiger partial charge in [0.1, 0.15) is 0 Å². The maximum absolute atomic E-state index is 12.7. The van der Waals surface area contributed by atoms with Gasteiger partial charge in [0.25, 0.3) is 15.9 Å². The molecule has 0 aromatic heterocycles. The zero-order valence-corrected chi connectivity index (χ0v) is 18.7. The fourth-order valence-electron chi connectivity index (χ4n) is 3.16. The van der Waals surface area contributed by atoms with Gasteiger partial charge in [-0.1, -0.05) is 42.0 Å². The van der Waals surface area contributed by atoms with Crippen LogP contribution in [0.5, 0.6) is 0 Å². The number of hydrogen-bond donors (Lipinski definition) is 2. The molecule has 0 aliphatic rings. The molecule has 0 fully saturated rings. The highest BCUT2D eigenvalue weighted by molar-refractivity contribution is 7.92. The molecular weight excluding hydrogens is 410 g/mol. The summed E-state index contributed by atoms with van der Waals surface area (Å²) < 4.78 is 28.0.